The van der Waals surface area contributed by atoms with Gasteiger partial charge in [0.2, 0.25) is 5.91 Å². The molecule has 0 aromatic heterocycles. The predicted octanol–water partition coefficient (Wildman–Crippen LogP) is 0.293. The molecule has 3 atom stereocenters. The number of likely N-dealkylation sites (N-methyl/N-ethyl adjacent to an activating group) is 1. The summed E-state index contributed by atoms with van der Waals surface area (Å²) in [5, 5.41) is 8.85. The van der Waals surface area contributed by atoms with Gasteiger partial charge in [0.15, 0.2) is 0 Å². The highest BCUT2D eigenvalue weighted by molar-refractivity contribution is 5.85. The van der Waals surface area contributed by atoms with Gasteiger partial charge in [0, 0.05) is 13.0 Å². The lowest BCUT2D eigenvalue weighted by atomic mass is 9.94. The second-order valence-corrected chi connectivity index (χ2v) is 4.50. The van der Waals surface area contributed by atoms with Gasteiger partial charge in [-0.1, -0.05) is 6.42 Å². The van der Waals surface area contributed by atoms with Gasteiger partial charge in [0.25, 0.3) is 0 Å². The molecule has 0 aromatic rings. The highest BCUT2D eigenvalue weighted by Crippen LogP contribution is 2.32. The minimum Gasteiger partial charge on any atom is -0.480 e. The number of carbonyl (C=O) groups is 2. The fraction of sp³-hybridized carbons (Fsp3) is 0.818. The molecule has 1 aliphatic carbocycles. The largest absolute Gasteiger partial charge is 0.480 e. The lowest BCUT2D eigenvalue weighted by Crippen LogP contribution is -2.44. The maximum absolute atomic E-state index is 12.1. The minimum atomic E-state index is -0.974. The molecule has 1 amide bonds. The van der Waals surface area contributed by atoms with Crippen LogP contribution in [0.15, 0.2) is 0 Å². The number of carboxylic acids is 1. The van der Waals surface area contributed by atoms with Crippen LogP contribution in [0, 0.1) is 11.8 Å². The van der Waals surface area contributed by atoms with Crippen LogP contribution in [0.25, 0.3) is 0 Å². The normalized spacial score (nSPS) is 26.4. The van der Waals surface area contributed by atoms with Crippen molar-refractivity contribution in [1.82, 2.24) is 4.90 Å². The molecule has 0 heterocycles. The summed E-state index contributed by atoms with van der Waals surface area (Å²) in [4.78, 5) is 24.2. The van der Waals surface area contributed by atoms with E-state index >= 15 is 0 Å². The van der Waals surface area contributed by atoms with E-state index in [0.717, 1.165) is 19.3 Å². The van der Waals surface area contributed by atoms with Crippen LogP contribution in [-0.2, 0) is 9.59 Å². The van der Waals surface area contributed by atoms with Crippen molar-refractivity contribution >= 4 is 11.9 Å². The molecule has 5 nitrogen and oxygen atoms in total. The summed E-state index contributed by atoms with van der Waals surface area (Å²) >= 11 is 0. The van der Waals surface area contributed by atoms with E-state index in [1.807, 2.05) is 0 Å². The van der Waals surface area contributed by atoms with Crippen molar-refractivity contribution in [2.45, 2.75) is 32.2 Å². The molecule has 0 spiro atoms. The summed E-state index contributed by atoms with van der Waals surface area (Å²) in [6, 6.07) is -0.772. The SMILES string of the molecule is CC(C(=O)O)N(C)C(=O)C1CCCC1CN. The Morgan fingerprint density at radius 3 is 2.62 bits per heavy atom. The van der Waals surface area contributed by atoms with Crippen molar-refractivity contribution in [1.29, 1.82) is 0 Å². The summed E-state index contributed by atoms with van der Waals surface area (Å²) < 4.78 is 0. The first-order valence-electron chi connectivity index (χ1n) is 5.68. The highest BCUT2D eigenvalue weighted by Gasteiger charge is 2.35. The van der Waals surface area contributed by atoms with Gasteiger partial charge >= 0.3 is 5.97 Å². The van der Waals surface area contributed by atoms with Crippen LogP contribution in [0.4, 0.5) is 0 Å². The van der Waals surface area contributed by atoms with E-state index in [9.17, 15) is 9.59 Å². The number of nitrogens with zero attached hydrogens (tertiary/aromatic N) is 1. The topological polar surface area (TPSA) is 83.6 Å². The Kier molecular flexibility index (Phi) is 4.29. The van der Waals surface area contributed by atoms with Crippen LogP contribution in [0.1, 0.15) is 26.2 Å². The van der Waals surface area contributed by atoms with E-state index in [1.165, 1.54) is 11.8 Å². The molecule has 1 saturated carbocycles. The second-order valence-electron chi connectivity index (χ2n) is 4.50. The zero-order valence-corrected chi connectivity index (χ0v) is 9.85. The van der Waals surface area contributed by atoms with Crippen molar-refractivity contribution in [3.8, 4) is 0 Å². The van der Waals surface area contributed by atoms with E-state index in [1.54, 1.807) is 7.05 Å². The number of hydrogen-bond donors (Lipinski definition) is 2. The molecule has 0 radical (unpaired) electrons. The van der Waals surface area contributed by atoms with Crippen LogP contribution < -0.4 is 5.73 Å². The summed E-state index contributed by atoms with van der Waals surface area (Å²) in [6.45, 7) is 2.03. The van der Waals surface area contributed by atoms with E-state index in [4.69, 9.17) is 10.8 Å². The van der Waals surface area contributed by atoms with Crippen LogP contribution >= 0.6 is 0 Å². The Morgan fingerprint density at radius 1 is 1.50 bits per heavy atom. The lowest BCUT2D eigenvalue weighted by Gasteiger charge is -2.27. The molecule has 16 heavy (non-hydrogen) atoms. The van der Waals surface area contributed by atoms with E-state index in [2.05, 4.69) is 0 Å². The maximum Gasteiger partial charge on any atom is 0.326 e. The molecule has 5 heteroatoms. The molecule has 1 aliphatic rings. The highest BCUT2D eigenvalue weighted by atomic mass is 16.4. The molecular formula is C11H20N2O3. The molecule has 0 aliphatic heterocycles. The number of hydrogen-bond acceptors (Lipinski definition) is 3. The van der Waals surface area contributed by atoms with Crippen LogP contribution in [0.2, 0.25) is 0 Å². The van der Waals surface area contributed by atoms with Gasteiger partial charge in [0.1, 0.15) is 6.04 Å². The van der Waals surface area contributed by atoms with Crippen molar-refractivity contribution in [3.63, 3.8) is 0 Å². The number of carbonyl (C=O) groups excluding carboxylic acids is 1. The molecule has 92 valence electrons. The van der Waals surface area contributed by atoms with E-state index < -0.39 is 12.0 Å². The quantitative estimate of drug-likeness (QED) is 0.724. The number of amides is 1. The Hall–Kier alpha value is -1.10. The van der Waals surface area contributed by atoms with Gasteiger partial charge < -0.3 is 15.7 Å². The molecule has 1 rings (SSSR count). The van der Waals surface area contributed by atoms with Crippen LogP contribution in [0.5, 0.6) is 0 Å². The lowest BCUT2D eigenvalue weighted by molar-refractivity contribution is -0.150. The van der Waals surface area contributed by atoms with Gasteiger partial charge in [-0.15, -0.1) is 0 Å². The van der Waals surface area contributed by atoms with Crippen molar-refractivity contribution in [2.24, 2.45) is 17.6 Å². The van der Waals surface area contributed by atoms with E-state index in [0.29, 0.717) is 6.54 Å². The van der Waals surface area contributed by atoms with Crippen LogP contribution in [0.3, 0.4) is 0 Å². The molecular weight excluding hydrogens is 208 g/mol. The Labute approximate surface area is 95.6 Å². The zero-order valence-electron chi connectivity index (χ0n) is 9.85. The third-order valence-electron chi connectivity index (χ3n) is 3.56. The van der Waals surface area contributed by atoms with Gasteiger partial charge in [-0.2, -0.15) is 0 Å². The van der Waals surface area contributed by atoms with Gasteiger partial charge in [-0.25, -0.2) is 4.79 Å². The molecule has 3 N–H and O–H groups in total. The maximum atomic E-state index is 12.1. The van der Waals surface area contributed by atoms with E-state index in [-0.39, 0.29) is 17.7 Å². The first kappa shape index (κ1) is 13.0. The molecule has 0 bridgehead atoms. The van der Waals surface area contributed by atoms with Gasteiger partial charge in [-0.05, 0) is 32.2 Å². The Balaban J connectivity index is 2.66. The smallest absolute Gasteiger partial charge is 0.326 e. The van der Waals surface area contributed by atoms with Crippen molar-refractivity contribution < 1.29 is 14.7 Å². The first-order chi connectivity index (χ1) is 7.49. The molecule has 1 fully saturated rings. The third-order valence-corrected chi connectivity index (χ3v) is 3.56. The summed E-state index contributed by atoms with van der Waals surface area (Å²) in [6.07, 6.45) is 2.81. The van der Waals surface area contributed by atoms with Gasteiger partial charge in [-0.3, -0.25) is 4.79 Å². The molecule has 3 unspecified atom stereocenters. The first-order valence-corrected chi connectivity index (χ1v) is 5.68. The number of carboxylic acid groups (broad SMARTS) is 1. The average molecular weight is 228 g/mol. The third kappa shape index (κ3) is 2.52. The number of rotatable bonds is 4. The fourth-order valence-corrected chi connectivity index (χ4v) is 2.26. The number of aliphatic carboxylic acids is 1. The predicted molar refractivity (Wildman–Crippen MR) is 59.8 cm³/mol. The molecule has 0 saturated heterocycles. The van der Waals surface area contributed by atoms with Crippen molar-refractivity contribution in [3.05, 3.63) is 0 Å². The standard InChI is InChI=1S/C11H20N2O3/c1-7(11(15)16)13(2)10(14)9-5-3-4-8(9)6-12/h7-9H,3-6,12H2,1-2H3,(H,15,16). The number of nitrogens with two attached hydrogens (primary N) is 1. The average Bonchev–Trinajstić information content (AvgIpc) is 2.73. The van der Waals surface area contributed by atoms with Crippen LogP contribution in [-0.4, -0.2) is 41.5 Å². The fourth-order valence-electron chi connectivity index (χ4n) is 2.26. The summed E-state index contributed by atoms with van der Waals surface area (Å²) in [5.41, 5.74) is 5.61. The zero-order chi connectivity index (χ0) is 12.3. The Morgan fingerprint density at radius 2 is 2.12 bits per heavy atom. The summed E-state index contributed by atoms with van der Waals surface area (Å²) in [5.74, 6) is -0.922. The molecule has 0 aromatic carbocycles. The van der Waals surface area contributed by atoms with Crippen molar-refractivity contribution in [2.75, 3.05) is 13.6 Å². The van der Waals surface area contributed by atoms with Gasteiger partial charge in [0.05, 0.1) is 0 Å². The second kappa shape index (κ2) is 5.30. The minimum absolute atomic E-state index is 0.0807. The Bertz CT molecular complexity index is 280. The summed E-state index contributed by atoms with van der Waals surface area (Å²) in [7, 11) is 1.55. The monoisotopic (exact) mass is 228 g/mol.